The molecule has 2 atom stereocenters. The first-order valence-corrected chi connectivity index (χ1v) is 9.37. The molecule has 2 unspecified atom stereocenters. The number of aliphatic imine (C=N–C) groups is 1. The molecule has 1 heterocycles. The van der Waals surface area contributed by atoms with Crippen molar-refractivity contribution in [2.45, 2.75) is 25.8 Å². The Morgan fingerprint density at radius 1 is 1.44 bits per heavy atom. The Hall–Kier alpha value is -0.380. The molecule has 0 amide bonds. The van der Waals surface area contributed by atoms with Gasteiger partial charge in [0.15, 0.2) is 5.96 Å². The molecule has 0 saturated carbocycles. The maximum Gasteiger partial charge on any atom is 0.191 e. The predicted molar refractivity (Wildman–Crippen MR) is 117 cm³/mol. The summed E-state index contributed by atoms with van der Waals surface area (Å²) in [6.07, 6.45) is 2.08. The van der Waals surface area contributed by atoms with Gasteiger partial charge in [0.05, 0.1) is 19.3 Å². The van der Waals surface area contributed by atoms with Crippen molar-refractivity contribution < 1.29 is 9.47 Å². The van der Waals surface area contributed by atoms with Crippen LogP contribution in [0.3, 0.4) is 0 Å². The lowest BCUT2D eigenvalue weighted by molar-refractivity contribution is 0.0888. The molecule has 142 valence electrons. The summed E-state index contributed by atoms with van der Waals surface area (Å²) in [4.78, 5) is 4.29. The van der Waals surface area contributed by atoms with E-state index in [2.05, 4.69) is 50.6 Å². The quantitative estimate of drug-likeness (QED) is 0.235. The Morgan fingerprint density at radius 3 is 2.92 bits per heavy atom. The number of halogens is 2. The molecule has 1 aliphatic heterocycles. The Labute approximate surface area is 176 Å². The topological polar surface area (TPSA) is 54.9 Å². The van der Waals surface area contributed by atoms with Crippen molar-refractivity contribution >= 4 is 45.9 Å². The average molecular weight is 526 g/mol. The largest absolute Gasteiger partial charge is 0.381 e. The first kappa shape index (κ1) is 22.7. The van der Waals surface area contributed by atoms with Gasteiger partial charge >= 0.3 is 0 Å². The number of hydrogen-bond acceptors (Lipinski definition) is 3. The molecule has 0 spiro atoms. The number of hydrogen-bond donors (Lipinski definition) is 2. The molecule has 0 aliphatic carbocycles. The van der Waals surface area contributed by atoms with Gasteiger partial charge in [-0.1, -0.05) is 34.1 Å². The fourth-order valence-electron chi connectivity index (χ4n) is 2.65. The Kier molecular flexibility index (Phi) is 11.7. The highest BCUT2D eigenvalue weighted by Gasteiger charge is 2.15. The van der Waals surface area contributed by atoms with Crippen LogP contribution in [-0.4, -0.2) is 46.0 Å². The smallest absolute Gasteiger partial charge is 0.191 e. The van der Waals surface area contributed by atoms with Gasteiger partial charge in [-0.3, -0.25) is 4.99 Å². The number of nitrogens with zero attached hydrogens (tertiary/aromatic N) is 1. The van der Waals surface area contributed by atoms with Crippen molar-refractivity contribution in [2.75, 3.05) is 40.0 Å². The molecule has 1 fully saturated rings. The van der Waals surface area contributed by atoms with E-state index in [0.717, 1.165) is 56.2 Å². The molecular weight excluding hydrogens is 497 g/mol. The number of ether oxygens (including phenoxy) is 2. The minimum atomic E-state index is 0. The lowest BCUT2D eigenvalue weighted by atomic mass is 10.1. The van der Waals surface area contributed by atoms with Gasteiger partial charge in [-0.2, -0.15) is 0 Å². The Balaban J connectivity index is 0.00000312. The van der Waals surface area contributed by atoms with E-state index in [4.69, 9.17) is 9.47 Å². The summed E-state index contributed by atoms with van der Waals surface area (Å²) in [5.41, 5.74) is 1.21. The molecule has 7 heteroatoms. The van der Waals surface area contributed by atoms with E-state index >= 15 is 0 Å². The second-order valence-electron chi connectivity index (χ2n) is 6.04. The van der Waals surface area contributed by atoms with Crippen LogP contribution in [0.1, 0.15) is 31.4 Å². The summed E-state index contributed by atoms with van der Waals surface area (Å²) < 4.78 is 12.2. The molecule has 0 radical (unpaired) electrons. The van der Waals surface area contributed by atoms with Crippen LogP contribution >= 0.6 is 39.9 Å². The highest BCUT2D eigenvalue weighted by molar-refractivity contribution is 14.0. The van der Waals surface area contributed by atoms with Crippen molar-refractivity contribution in [3.8, 4) is 0 Å². The summed E-state index contributed by atoms with van der Waals surface area (Å²) in [6, 6.07) is 8.39. The zero-order valence-corrected chi connectivity index (χ0v) is 18.9. The molecule has 5 nitrogen and oxygen atoms in total. The normalized spacial score (nSPS) is 18.5. The lowest BCUT2D eigenvalue weighted by Gasteiger charge is -2.19. The van der Waals surface area contributed by atoms with Crippen molar-refractivity contribution in [3.05, 3.63) is 34.3 Å². The molecule has 1 aliphatic rings. The summed E-state index contributed by atoms with van der Waals surface area (Å²) in [6.45, 7) is 6.27. The van der Waals surface area contributed by atoms with E-state index in [9.17, 15) is 0 Å². The average Bonchev–Trinajstić information content (AvgIpc) is 3.10. The van der Waals surface area contributed by atoms with Gasteiger partial charge in [0, 0.05) is 37.2 Å². The van der Waals surface area contributed by atoms with Crippen molar-refractivity contribution in [2.24, 2.45) is 10.9 Å². The molecule has 2 rings (SSSR count). The van der Waals surface area contributed by atoms with Crippen LogP contribution in [0, 0.1) is 5.92 Å². The van der Waals surface area contributed by atoms with Crippen LogP contribution in [-0.2, 0) is 9.47 Å². The Bertz CT molecular complexity index is 525. The number of rotatable bonds is 8. The number of nitrogens with one attached hydrogen (secondary N) is 2. The third kappa shape index (κ3) is 8.23. The fourth-order valence-corrected chi connectivity index (χ4v) is 3.28. The van der Waals surface area contributed by atoms with Crippen molar-refractivity contribution in [1.82, 2.24) is 10.6 Å². The van der Waals surface area contributed by atoms with E-state index in [-0.39, 0.29) is 30.0 Å². The summed E-state index contributed by atoms with van der Waals surface area (Å²) in [7, 11) is 1.79. The van der Waals surface area contributed by atoms with E-state index in [1.54, 1.807) is 7.05 Å². The van der Waals surface area contributed by atoms with E-state index in [0.29, 0.717) is 5.92 Å². The first-order valence-electron chi connectivity index (χ1n) is 8.57. The highest BCUT2D eigenvalue weighted by Crippen LogP contribution is 2.22. The molecular formula is C18H29BrIN3O2. The molecule has 0 bridgehead atoms. The summed E-state index contributed by atoms with van der Waals surface area (Å²) in [5.74, 6) is 1.39. The van der Waals surface area contributed by atoms with Crippen LogP contribution < -0.4 is 10.6 Å². The van der Waals surface area contributed by atoms with Crippen LogP contribution in [0.15, 0.2) is 33.7 Å². The van der Waals surface area contributed by atoms with Crippen LogP contribution in [0.2, 0.25) is 0 Å². The molecule has 0 aromatic heterocycles. The van der Waals surface area contributed by atoms with Crippen molar-refractivity contribution in [1.29, 1.82) is 0 Å². The SMILES string of the molecule is CN=C(NCCCOCC1CCOC1)NC(C)c1ccccc1Br.I. The fraction of sp³-hybridized carbons (Fsp3) is 0.611. The number of benzene rings is 1. The van der Waals surface area contributed by atoms with Gasteiger partial charge in [-0.15, -0.1) is 24.0 Å². The zero-order chi connectivity index (χ0) is 17.2. The van der Waals surface area contributed by atoms with Crippen molar-refractivity contribution in [3.63, 3.8) is 0 Å². The molecule has 1 aromatic carbocycles. The lowest BCUT2D eigenvalue weighted by Crippen LogP contribution is -2.39. The minimum Gasteiger partial charge on any atom is -0.381 e. The van der Waals surface area contributed by atoms with Gasteiger partial charge in [0.2, 0.25) is 0 Å². The standard InChI is InChI=1S/C18H28BrN3O2.HI/c1-14(16-6-3-4-7-17(16)19)22-18(20-2)21-9-5-10-23-12-15-8-11-24-13-15;/h3-4,6-7,14-15H,5,8-13H2,1-2H3,(H2,20,21,22);1H. The molecule has 2 N–H and O–H groups in total. The monoisotopic (exact) mass is 525 g/mol. The maximum absolute atomic E-state index is 5.71. The van der Waals surface area contributed by atoms with Gasteiger partial charge < -0.3 is 20.1 Å². The number of guanidine groups is 1. The Morgan fingerprint density at radius 2 is 2.24 bits per heavy atom. The van der Waals surface area contributed by atoms with Gasteiger partial charge in [0.1, 0.15) is 0 Å². The van der Waals surface area contributed by atoms with Crippen LogP contribution in [0.25, 0.3) is 0 Å². The van der Waals surface area contributed by atoms with Gasteiger partial charge in [-0.05, 0) is 31.4 Å². The van der Waals surface area contributed by atoms with E-state index in [1.165, 1.54) is 5.56 Å². The maximum atomic E-state index is 5.71. The highest BCUT2D eigenvalue weighted by atomic mass is 127. The minimum absolute atomic E-state index is 0. The molecule has 1 saturated heterocycles. The molecule has 25 heavy (non-hydrogen) atoms. The summed E-state index contributed by atoms with van der Waals surface area (Å²) in [5, 5.41) is 6.75. The summed E-state index contributed by atoms with van der Waals surface area (Å²) >= 11 is 3.59. The second kappa shape index (κ2) is 12.9. The van der Waals surface area contributed by atoms with Gasteiger partial charge in [-0.25, -0.2) is 0 Å². The van der Waals surface area contributed by atoms with E-state index < -0.39 is 0 Å². The second-order valence-corrected chi connectivity index (χ2v) is 6.90. The third-order valence-corrected chi connectivity index (χ3v) is 4.81. The van der Waals surface area contributed by atoms with Gasteiger partial charge in [0.25, 0.3) is 0 Å². The van der Waals surface area contributed by atoms with Crippen LogP contribution in [0.4, 0.5) is 0 Å². The third-order valence-electron chi connectivity index (χ3n) is 4.08. The van der Waals surface area contributed by atoms with E-state index in [1.807, 2.05) is 12.1 Å². The zero-order valence-electron chi connectivity index (χ0n) is 15.0. The van der Waals surface area contributed by atoms with Crippen LogP contribution in [0.5, 0.6) is 0 Å². The predicted octanol–water partition coefficient (Wildman–Crippen LogP) is 3.74. The molecule has 1 aromatic rings. The first-order chi connectivity index (χ1) is 11.7.